The maximum absolute atomic E-state index is 12.7. The number of rotatable bonds is 3. The molecule has 1 N–H and O–H groups in total. The lowest BCUT2D eigenvalue weighted by atomic mass is 10.1. The summed E-state index contributed by atoms with van der Waals surface area (Å²) in [5.74, 6) is 0.114. The number of carbonyl (C=O) groups excluding carboxylic acids is 1. The van der Waals surface area contributed by atoms with Gasteiger partial charge in [-0.1, -0.05) is 54.2 Å². The van der Waals surface area contributed by atoms with Gasteiger partial charge in [-0.05, 0) is 31.5 Å². The first-order chi connectivity index (χ1) is 10.2. The lowest BCUT2D eigenvalue weighted by Gasteiger charge is -2.16. The van der Waals surface area contributed by atoms with Gasteiger partial charge in [-0.3, -0.25) is 4.79 Å². The SMILES string of the molecule is CC(C)NC(=C1Sc2ccccc2C1=O)c1ccccc1. The van der Waals surface area contributed by atoms with E-state index in [9.17, 15) is 4.79 Å². The zero-order chi connectivity index (χ0) is 14.8. The molecule has 0 unspecified atom stereocenters. The summed E-state index contributed by atoms with van der Waals surface area (Å²) >= 11 is 1.56. The number of fused-ring (bicyclic) bond motifs is 1. The molecule has 1 aliphatic rings. The van der Waals surface area contributed by atoms with Gasteiger partial charge in [-0.25, -0.2) is 0 Å². The Bertz CT molecular complexity index is 704. The summed E-state index contributed by atoms with van der Waals surface area (Å²) in [5.41, 5.74) is 2.78. The molecule has 0 fully saturated rings. The monoisotopic (exact) mass is 295 g/mol. The highest BCUT2D eigenvalue weighted by Crippen LogP contribution is 2.42. The normalized spacial score (nSPS) is 16.0. The van der Waals surface area contributed by atoms with Crippen molar-refractivity contribution in [2.75, 3.05) is 0 Å². The minimum Gasteiger partial charge on any atom is -0.381 e. The average Bonchev–Trinajstić information content (AvgIpc) is 2.83. The van der Waals surface area contributed by atoms with Crippen molar-refractivity contribution in [3.8, 4) is 0 Å². The van der Waals surface area contributed by atoms with Gasteiger partial charge in [0.2, 0.25) is 5.78 Å². The Morgan fingerprint density at radius 2 is 1.67 bits per heavy atom. The van der Waals surface area contributed by atoms with Gasteiger partial charge in [0.15, 0.2) is 0 Å². The molecule has 0 aliphatic carbocycles. The van der Waals surface area contributed by atoms with Crippen LogP contribution in [0, 0.1) is 0 Å². The van der Waals surface area contributed by atoms with Gasteiger partial charge >= 0.3 is 0 Å². The predicted octanol–water partition coefficient (Wildman–Crippen LogP) is 4.34. The third-order valence-corrected chi connectivity index (χ3v) is 4.44. The second kappa shape index (κ2) is 5.78. The van der Waals surface area contributed by atoms with Crippen LogP contribution in [-0.2, 0) is 0 Å². The predicted molar refractivity (Wildman–Crippen MR) is 88.3 cm³/mol. The Hall–Kier alpha value is -2.00. The summed E-state index contributed by atoms with van der Waals surface area (Å²) in [6.07, 6.45) is 0. The summed E-state index contributed by atoms with van der Waals surface area (Å²) in [5, 5.41) is 3.44. The summed E-state index contributed by atoms with van der Waals surface area (Å²) in [6, 6.07) is 18.1. The Kier molecular flexibility index (Phi) is 3.84. The first kappa shape index (κ1) is 14.0. The summed E-state index contributed by atoms with van der Waals surface area (Å²) in [6.45, 7) is 4.17. The van der Waals surface area contributed by atoms with E-state index >= 15 is 0 Å². The van der Waals surface area contributed by atoms with E-state index in [2.05, 4.69) is 19.2 Å². The molecule has 21 heavy (non-hydrogen) atoms. The Morgan fingerprint density at radius 3 is 2.33 bits per heavy atom. The smallest absolute Gasteiger partial charge is 0.202 e. The topological polar surface area (TPSA) is 29.1 Å². The minimum absolute atomic E-state index is 0.114. The number of allylic oxidation sites excluding steroid dienone is 1. The van der Waals surface area contributed by atoms with Crippen molar-refractivity contribution in [3.63, 3.8) is 0 Å². The van der Waals surface area contributed by atoms with Gasteiger partial charge in [0.25, 0.3) is 0 Å². The van der Waals surface area contributed by atoms with Crippen LogP contribution in [0.4, 0.5) is 0 Å². The zero-order valence-electron chi connectivity index (χ0n) is 12.1. The second-order valence-electron chi connectivity index (χ2n) is 5.30. The molecule has 1 aliphatic heterocycles. The summed E-state index contributed by atoms with van der Waals surface area (Å²) in [4.78, 5) is 14.5. The van der Waals surface area contributed by atoms with Crippen LogP contribution in [0.5, 0.6) is 0 Å². The van der Waals surface area contributed by atoms with E-state index in [1.54, 1.807) is 11.8 Å². The van der Waals surface area contributed by atoms with Crippen LogP contribution in [0.15, 0.2) is 64.4 Å². The molecule has 0 saturated heterocycles. The van der Waals surface area contributed by atoms with Crippen LogP contribution in [0.1, 0.15) is 29.8 Å². The molecule has 0 amide bonds. The molecule has 0 radical (unpaired) electrons. The fraction of sp³-hybridized carbons (Fsp3) is 0.167. The van der Waals surface area contributed by atoms with Crippen LogP contribution in [-0.4, -0.2) is 11.8 Å². The van der Waals surface area contributed by atoms with Crippen LogP contribution in [0.2, 0.25) is 0 Å². The van der Waals surface area contributed by atoms with E-state index in [0.717, 1.165) is 26.6 Å². The van der Waals surface area contributed by atoms with E-state index < -0.39 is 0 Å². The number of hydrogen-bond donors (Lipinski definition) is 1. The van der Waals surface area contributed by atoms with E-state index in [0.29, 0.717) is 0 Å². The number of nitrogens with one attached hydrogen (secondary N) is 1. The summed E-state index contributed by atoms with van der Waals surface area (Å²) in [7, 11) is 0. The highest BCUT2D eigenvalue weighted by molar-refractivity contribution is 8.05. The molecule has 0 aromatic heterocycles. The first-order valence-corrected chi connectivity index (χ1v) is 7.86. The van der Waals surface area contributed by atoms with Crippen molar-refractivity contribution in [1.29, 1.82) is 0 Å². The number of thioether (sulfide) groups is 1. The molecule has 0 spiro atoms. The van der Waals surface area contributed by atoms with Crippen LogP contribution >= 0.6 is 11.8 Å². The van der Waals surface area contributed by atoms with Crippen molar-refractivity contribution in [2.24, 2.45) is 0 Å². The fourth-order valence-corrected chi connectivity index (χ4v) is 3.48. The molecule has 0 bridgehead atoms. The van der Waals surface area contributed by atoms with Gasteiger partial charge in [0.1, 0.15) is 0 Å². The molecule has 106 valence electrons. The Morgan fingerprint density at radius 1 is 1.00 bits per heavy atom. The van der Waals surface area contributed by atoms with E-state index in [4.69, 9.17) is 0 Å². The van der Waals surface area contributed by atoms with Crippen molar-refractivity contribution in [2.45, 2.75) is 24.8 Å². The van der Waals surface area contributed by atoms with Gasteiger partial charge in [0, 0.05) is 16.5 Å². The maximum Gasteiger partial charge on any atom is 0.202 e. The number of hydrogen-bond acceptors (Lipinski definition) is 3. The van der Waals surface area contributed by atoms with Crippen molar-refractivity contribution in [3.05, 3.63) is 70.6 Å². The molecule has 2 nitrogen and oxygen atoms in total. The van der Waals surface area contributed by atoms with Gasteiger partial charge in [-0.15, -0.1) is 0 Å². The number of benzene rings is 2. The molecule has 3 heteroatoms. The van der Waals surface area contributed by atoms with E-state index in [1.807, 2.05) is 54.6 Å². The third-order valence-electron chi connectivity index (χ3n) is 3.27. The highest BCUT2D eigenvalue weighted by Gasteiger charge is 2.29. The molecule has 1 heterocycles. The minimum atomic E-state index is 0.114. The van der Waals surface area contributed by atoms with Gasteiger partial charge < -0.3 is 5.32 Å². The van der Waals surface area contributed by atoms with Crippen molar-refractivity contribution in [1.82, 2.24) is 5.32 Å². The van der Waals surface area contributed by atoms with E-state index in [-0.39, 0.29) is 11.8 Å². The van der Waals surface area contributed by atoms with E-state index in [1.165, 1.54) is 0 Å². The maximum atomic E-state index is 12.7. The number of carbonyl (C=O) groups is 1. The van der Waals surface area contributed by atoms with Gasteiger partial charge in [0.05, 0.1) is 10.6 Å². The van der Waals surface area contributed by atoms with Crippen LogP contribution < -0.4 is 5.32 Å². The average molecular weight is 295 g/mol. The lowest BCUT2D eigenvalue weighted by Crippen LogP contribution is -2.23. The second-order valence-corrected chi connectivity index (χ2v) is 6.35. The largest absolute Gasteiger partial charge is 0.381 e. The molecule has 2 aromatic rings. The molecule has 2 aromatic carbocycles. The standard InChI is InChI=1S/C18H17NOS/c1-12(2)19-16(13-8-4-3-5-9-13)18-17(20)14-10-6-7-11-15(14)21-18/h3-12,19H,1-2H3. The molecule has 3 rings (SSSR count). The lowest BCUT2D eigenvalue weighted by molar-refractivity contribution is 0.104. The molecule has 0 atom stereocenters. The Balaban J connectivity index is 2.11. The van der Waals surface area contributed by atoms with Crippen LogP contribution in [0.25, 0.3) is 5.70 Å². The van der Waals surface area contributed by atoms with Gasteiger partial charge in [-0.2, -0.15) is 0 Å². The zero-order valence-corrected chi connectivity index (χ0v) is 12.9. The third kappa shape index (κ3) is 2.74. The molecular weight excluding hydrogens is 278 g/mol. The number of ketones is 1. The molecule has 0 saturated carbocycles. The summed E-state index contributed by atoms with van der Waals surface area (Å²) < 4.78 is 0. The fourth-order valence-electron chi connectivity index (χ4n) is 2.36. The number of Topliss-reactive ketones (excluding diaryl/α,β-unsaturated/α-hetero) is 1. The molecular formula is C18H17NOS. The van der Waals surface area contributed by atoms with Crippen LogP contribution in [0.3, 0.4) is 0 Å². The first-order valence-electron chi connectivity index (χ1n) is 7.04. The Labute approximate surface area is 129 Å². The van der Waals surface area contributed by atoms with Crippen molar-refractivity contribution < 1.29 is 4.79 Å². The van der Waals surface area contributed by atoms with Crippen molar-refractivity contribution >= 4 is 23.2 Å². The quantitative estimate of drug-likeness (QED) is 0.854. The highest BCUT2D eigenvalue weighted by atomic mass is 32.2.